The lowest BCUT2D eigenvalue weighted by atomic mass is 10.2. The summed E-state index contributed by atoms with van der Waals surface area (Å²) in [6.07, 6.45) is 0. The first-order valence-electron chi connectivity index (χ1n) is 6.54. The highest BCUT2D eigenvalue weighted by molar-refractivity contribution is 7.99. The van der Waals surface area contributed by atoms with Gasteiger partial charge in [0, 0.05) is 22.0 Å². The monoisotopic (exact) mass is 339 g/mol. The van der Waals surface area contributed by atoms with Crippen LogP contribution < -0.4 is 10.1 Å². The molecular formula is C16H15ClFNO2S. The van der Waals surface area contributed by atoms with E-state index in [1.54, 1.807) is 43.5 Å². The molecule has 2 aromatic carbocycles. The molecule has 0 atom stereocenters. The van der Waals surface area contributed by atoms with Crippen LogP contribution in [0.15, 0.2) is 42.5 Å². The van der Waals surface area contributed by atoms with Gasteiger partial charge in [-0.2, -0.15) is 0 Å². The number of nitrogens with one attached hydrogen (secondary N) is 1. The van der Waals surface area contributed by atoms with Crippen molar-refractivity contribution in [2.75, 3.05) is 18.2 Å². The van der Waals surface area contributed by atoms with Crippen molar-refractivity contribution < 1.29 is 13.9 Å². The standard InChI is InChI=1S/C16H15ClFNO2S/c1-21-12-7-5-11(6-8-12)19-16(20)10-22-9-13-14(17)3-2-4-15(13)18/h2-8H,9-10H2,1H3,(H,19,20). The molecule has 0 fully saturated rings. The average Bonchev–Trinajstić information content (AvgIpc) is 2.51. The maximum absolute atomic E-state index is 13.6. The fourth-order valence-corrected chi connectivity index (χ4v) is 2.95. The van der Waals surface area contributed by atoms with Crippen molar-refractivity contribution in [1.82, 2.24) is 0 Å². The number of thioether (sulfide) groups is 1. The minimum atomic E-state index is -0.351. The minimum absolute atomic E-state index is 0.150. The van der Waals surface area contributed by atoms with Crippen molar-refractivity contribution in [2.24, 2.45) is 0 Å². The molecule has 0 saturated heterocycles. The van der Waals surface area contributed by atoms with E-state index in [-0.39, 0.29) is 17.5 Å². The fourth-order valence-electron chi connectivity index (χ4n) is 1.79. The Balaban J connectivity index is 1.82. The third kappa shape index (κ3) is 4.64. The maximum Gasteiger partial charge on any atom is 0.234 e. The summed E-state index contributed by atoms with van der Waals surface area (Å²) in [5.41, 5.74) is 1.11. The summed E-state index contributed by atoms with van der Waals surface area (Å²) in [6.45, 7) is 0. The predicted octanol–water partition coefficient (Wildman–Crippen LogP) is 4.36. The number of hydrogen-bond donors (Lipinski definition) is 1. The van der Waals surface area contributed by atoms with Crippen molar-refractivity contribution in [2.45, 2.75) is 5.75 Å². The first-order chi connectivity index (χ1) is 10.6. The lowest BCUT2D eigenvalue weighted by Gasteiger charge is -2.07. The number of hydrogen-bond acceptors (Lipinski definition) is 3. The molecule has 1 amide bonds. The second kappa shape index (κ2) is 8.06. The fraction of sp³-hybridized carbons (Fsp3) is 0.188. The molecule has 0 aromatic heterocycles. The van der Waals surface area contributed by atoms with Crippen LogP contribution in [0.4, 0.5) is 10.1 Å². The van der Waals surface area contributed by atoms with E-state index in [1.807, 2.05) is 0 Å². The molecule has 6 heteroatoms. The number of ether oxygens (including phenoxy) is 1. The zero-order valence-electron chi connectivity index (χ0n) is 11.9. The Kier molecular flexibility index (Phi) is 6.10. The number of amides is 1. The van der Waals surface area contributed by atoms with Crippen molar-refractivity contribution in [1.29, 1.82) is 0 Å². The highest BCUT2D eigenvalue weighted by Crippen LogP contribution is 2.24. The number of halogens is 2. The van der Waals surface area contributed by atoms with Gasteiger partial charge in [-0.05, 0) is 36.4 Å². The minimum Gasteiger partial charge on any atom is -0.497 e. The van der Waals surface area contributed by atoms with Gasteiger partial charge in [0.05, 0.1) is 12.9 Å². The van der Waals surface area contributed by atoms with Gasteiger partial charge in [-0.25, -0.2) is 4.39 Å². The number of anilines is 1. The van der Waals surface area contributed by atoms with Crippen LogP contribution in [0.3, 0.4) is 0 Å². The molecule has 0 aliphatic rings. The molecule has 0 saturated carbocycles. The predicted molar refractivity (Wildman–Crippen MR) is 89.2 cm³/mol. The zero-order chi connectivity index (χ0) is 15.9. The lowest BCUT2D eigenvalue weighted by molar-refractivity contribution is -0.113. The van der Waals surface area contributed by atoms with Gasteiger partial charge in [-0.1, -0.05) is 17.7 Å². The van der Waals surface area contributed by atoms with Gasteiger partial charge >= 0.3 is 0 Å². The Labute approximate surface area is 137 Å². The van der Waals surface area contributed by atoms with Crippen LogP contribution in [0.1, 0.15) is 5.56 Å². The van der Waals surface area contributed by atoms with E-state index in [4.69, 9.17) is 16.3 Å². The SMILES string of the molecule is COc1ccc(NC(=O)CSCc2c(F)cccc2Cl)cc1. The third-order valence-corrected chi connectivity index (χ3v) is 4.23. The van der Waals surface area contributed by atoms with E-state index in [1.165, 1.54) is 17.8 Å². The van der Waals surface area contributed by atoms with E-state index >= 15 is 0 Å². The molecule has 0 spiro atoms. The van der Waals surface area contributed by atoms with Crippen LogP contribution in [-0.2, 0) is 10.5 Å². The first kappa shape index (κ1) is 16.6. The Morgan fingerprint density at radius 2 is 2.00 bits per heavy atom. The number of methoxy groups -OCH3 is 1. The molecule has 0 aliphatic carbocycles. The summed E-state index contributed by atoms with van der Waals surface area (Å²) in [7, 11) is 1.58. The highest BCUT2D eigenvalue weighted by atomic mass is 35.5. The van der Waals surface area contributed by atoms with Gasteiger partial charge in [0.2, 0.25) is 5.91 Å². The highest BCUT2D eigenvalue weighted by Gasteiger charge is 2.09. The topological polar surface area (TPSA) is 38.3 Å². The second-order valence-electron chi connectivity index (χ2n) is 4.47. The molecule has 22 heavy (non-hydrogen) atoms. The van der Waals surface area contributed by atoms with Gasteiger partial charge in [-0.15, -0.1) is 11.8 Å². The van der Waals surface area contributed by atoms with E-state index < -0.39 is 0 Å². The van der Waals surface area contributed by atoms with Crippen molar-refractivity contribution in [3.8, 4) is 5.75 Å². The third-order valence-electron chi connectivity index (χ3n) is 2.92. The molecule has 0 bridgehead atoms. The van der Waals surface area contributed by atoms with Crippen LogP contribution in [0.25, 0.3) is 0 Å². The summed E-state index contributed by atoms with van der Waals surface area (Å²) in [4.78, 5) is 11.8. The summed E-state index contributed by atoms with van der Waals surface area (Å²) in [5.74, 6) is 0.790. The molecule has 0 unspecified atom stereocenters. The average molecular weight is 340 g/mol. The van der Waals surface area contributed by atoms with Gasteiger partial charge in [0.25, 0.3) is 0 Å². The second-order valence-corrected chi connectivity index (χ2v) is 5.86. The van der Waals surface area contributed by atoms with E-state index in [0.29, 0.717) is 22.0 Å². The van der Waals surface area contributed by atoms with E-state index in [0.717, 1.165) is 5.75 Å². The Hall–Kier alpha value is -1.72. The Bertz CT molecular complexity index is 629. The van der Waals surface area contributed by atoms with Crippen molar-refractivity contribution >= 4 is 35.0 Å². The molecule has 1 N–H and O–H groups in total. The number of carbonyl (C=O) groups excluding carboxylic acids is 1. The van der Waals surface area contributed by atoms with Crippen LogP contribution in [0.5, 0.6) is 5.75 Å². The number of carbonyl (C=O) groups is 1. The molecule has 2 rings (SSSR count). The lowest BCUT2D eigenvalue weighted by Crippen LogP contribution is -2.14. The van der Waals surface area contributed by atoms with Gasteiger partial charge in [0.1, 0.15) is 11.6 Å². The molecule has 0 radical (unpaired) electrons. The Morgan fingerprint density at radius 3 is 2.64 bits per heavy atom. The number of rotatable bonds is 6. The van der Waals surface area contributed by atoms with Crippen molar-refractivity contribution in [3.05, 3.63) is 58.9 Å². The summed E-state index contributed by atoms with van der Waals surface area (Å²) in [5, 5.41) is 3.14. The smallest absolute Gasteiger partial charge is 0.234 e. The van der Waals surface area contributed by atoms with Gasteiger partial charge < -0.3 is 10.1 Å². The van der Waals surface area contributed by atoms with Crippen LogP contribution in [0, 0.1) is 5.82 Å². The number of benzene rings is 2. The van der Waals surface area contributed by atoms with Crippen LogP contribution in [0.2, 0.25) is 5.02 Å². The molecule has 2 aromatic rings. The molecular weight excluding hydrogens is 325 g/mol. The summed E-state index contributed by atoms with van der Waals surface area (Å²) in [6, 6.07) is 11.6. The van der Waals surface area contributed by atoms with Gasteiger partial charge in [-0.3, -0.25) is 4.79 Å². The molecule has 116 valence electrons. The largest absolute Gasteiger partial charge is 0.497 e. The summed E-state index contributed by atoms with van der Waals surface area (Å²) >= 11 is 7.25. The maximum atomic E-state index is 13.6. The molecule has 0 heterocycles. The molecule has 3 nitrogen and oxygen atoms in total. The summed E-state index contributed by atoms with van der Waals surface area (Å²) < 4.78 is 18.6. The quantitative estimate of drug-likeness (QED) is 0.849. The van der Waals surface area contributed by atoms with Gasteiger partial charge in [0.15, 0.2) is 0 Å². The first-order valence-corrected chi connectivity index (χ1v) is 8.08. The van der Waals surface area contributed by atoms with Crippen molar-refractivity contribution in [3.63, 3.8) is 0 Å². The van der Waals surface area contributed by atoms with Crippen LogP contribution >= 0.6 is 23.4 Å². The zero-order valence-corrected chi connectivity index (χ0v) is 13.5. The van der Waals surface area contributed by atoms with E-state index in [2.05, 4.69) is 5.32 Å². The molecule has 0 aliphatic heterocycles. The van der Waals surface area contributed by atoms with Crippen LogP contribution in [-0.4, -0.2) is 18.8 Å². The normalized spacial score (nSPS) is 10.3. The Morgan fingerprint density at radius 1 is 1.27 bits per heavy atom. The van der Waals surface area contributed by atoms with E-state index in [9.17, 15) is 9.18 Å².